The zero-order valence-electron chi connectivity index (χ0n) is 18.8. The molecule has 0 saturated carbocycles. The molecule has 5 aromatic rings. The van der Waals surface area contributed by atoms with Crippen LogP contribution < -0.4 is 5.73 Å². The summed E-state index contributed by atoms with van der Waals surface area (Å²) in [4.78, 5) is 13.7. The highest BCUT2D eigenvalue weighted by molar-refractivity contribution is 9.10. The first-order valence-corrected chi connectivity index (χ1v) is 12.7. The van der Waals surface area contributed by atoms with Crippen LogP contribution in [0.25, 0.3) is 22.9 Å². The molecule has 0 fully saturated rings. The van der Waals surface area contributed by atoms with Crippen LogP contribution >= 0.6 is 27.7 Å². The Kier molecular flexibility index (Phi) is 6.52. The molecule has 0 aliphatic rings. The standard InChI is InChI=1S/C26H21BrN6OS/c1-2-35-26-30-29-25(32(26)19-9-5-3-6-10-19)22-21(28)23(24(34)17-13-15-18(27)16-14-17)33(31-22)20-11-7-4-8-12-20/h3-16H,2,28H2,1H3. The number of benzene rings is 3. The Morgan fingerprint density at radius 1 is 0.914 bits per heavy atom. The maximum atomic E-state index is 13.7. The van der Waals surface area contributed by atoms with Crippen LogP contribution in [0, 0.1) is 0 Å². The average Bonchev–Trinajstić information content (AvgIpc) is 3.46. The van der Waals surface area contributed by atoms with Crippen LogP contribution in [0.3, 0.4) is 0 Å². The lowest BCUT2D eigenvalue weighted by Crippen LogP contribution is -2.11. The first-order chi connectivity index (χ1) is 17.1. The number of aromatic nitrogens is 5. The number of nitrogens with two attached hydrogens (primary N) is 1. The minimum absolute atomic E-state index is 0.230. The monoisotopic (exact) mass is 544 g/mol. The summed E-state index contributed by atoms with van der Waals surface area (Å²) in [7, 11) is 0. The number of ketones is 1. The fraction of sp³-hybridized carbons (Fsp3) is 0.0769. The van der Waals surface area contributed by atoms with Gasteiger partial charge >= 0.3 is 0 Å². The van der Waals surface area contributed by atoms with Crippen molar-refractivity contribution >= 4 is 39.2 Å². The van der Waals surface area contributed by atoms with Crippen molar-refractivity contribution in [2.45, 2.75) is 12.1 Å². The molecule has 3 aromatic carbocycles. The van der Waals surface area contributed by atoms with E-state index >= 15 is 0 Å². The van der Waals surface area contributed by atoms with Crippen LogP contribution in [0.2, 0.25) is 0 Å². The number of carbonyl (C=O) groups is 1. The topological polar surface area (TPSA) is 91.6 Å². The van der Waals surface area contributed by atoms with E-state index in [2.05, 4.69) is 33.1 Å². The van der Waals surface area contributed by atoms with Gasteiger partial charge in [-0.1, -0.05) is 71.0 Å². The number of hydrogen-bond acceptors (Lipinski definition) is 6. The van der Waals surface area contributed by atoms with Gasteiger partial charge in [0.15, 0.2) is 16.7 Å². The summed E-state index contributed by atoms with van der Waals surface area (Å²) < 4.78 is 4.40. The van der Waals surface area contributed by atoms with Crippen molar-refractivity contribution in [1.29, 1.82) is 0 Å². The Labute approximate surface area is 215 Å². The van der Waals surface area contributed by atoms with Gasteiger partial charge in [0.2, 0.25) is 5.78 Å². The molecule has 7 nitrogen and oxygen atoms in total. The summed E-state index contributed by atoms with van der Waals surface area (Å²) in [6.07, 6.45) is 0. The molecular formula is C26H21BrN6OS. The summed E-state index contributed by atoms with van der Waals surface area (Å²) in [5.74, 6) is 1.07. The van der Waals surface area contributed by atoms with E-state index in [1.807, 2.05) is 77.4 Å². The Morgan fingerprint density at radius 3 is 2.17 bits per heavy atom. The molecule has 0 aliphatic heterocycles. The number of carbonyl (C=O) groups excluding carboxylic acids is 1. The highest BCUT2D eigenvalue weighted by Gasteiger charge is 2.28. The highest BCUT2D eigenvalue weighted by atomic mass is 79.9. The first-order valence-electron chi connectivity index (χ1n) is 11.0. The third-order valence-corrected chi connectivity index (χ3v) is 6.72. The molecule has 0 saturated heterocycles. The molecule has 5 rings (SSSR count). The lowest BCUT2D eigenvalue weighted by Gasteiger charge is -2.08. The Balaban J connectivity index is 1.74. The molecule has 0 unspecified atom stereocenters. The lowest BCUT2D eigenvalue weighted by molar-refractivity contribution is 0.103. The SMILES string of the molecule is CCSc1nnc(-c2nn(-c3ccccc3)c(C(=O)c3ccc(Br)cc3)c2N)n1-c1ccccc1. The number of para-hydroxylation sites is 2. The summed E-state index contributed by atoms with van der Waals surface area (Å²) in [5, 5.41) is 14.4. The number of rotatable bonds is 7. The Bertz CT molecular complexity index is 1480. The van der Waals surface area contributed by atoms with Crippen molar-refractivity contribution in [3.8, 4) is 22.9 Å². The number of anilines is 1. The van der Waals surface area contributed by atoms with E-state index in [-0.39, 0.29) is 17.2 Å². The van der Waals surface area contributed by atoms with Crippen molar-refractivity contribution in [2.75, 3.05) is 11.5 Å². The minimum Gasteiger partial charge on any atom is -0.395 e. The van der Waals surface area contributed by atoms with E-state index in [1.54, 1.807) is 28.6 Å². The van der Waals surface area contributed by atoms with Crippen LogP contribution in [-0.4, -0.2) is 36.1 Å². The summed E-state index contributed by atoms with van der Waals surface area (Å²) in [6, 6.07) is 26.4. The Hall–Kier alpha value is -3.69. The summed E-state index contributed by atoms with van der Waals surface area (Å²) in [5.41, 5.74) is 9.71. The molecule has 2 N–H and O–H groups in total. The van der Waals surface area contributed by atoms with Crippen LogP contribution in [0.1, 0.15) is 23.0 Å². The van der Waals surface area contributed by atoms with Crippen LogP contribution in [0.15, 0.2) is 94.6 Å². The molecule has 0 aliphatic carbocycles. The first kappa shape index (κ1) is 23.1. The summed E-state index contributed by atoms with van der Waals surface area (Å²) >= 11 is 5.00. The zero-order chi connectivity index (χ0) is 24.4. The highest BCUT2D eigenvalue weighted by Crippen LogP contribution is 2.34. The molecule has 2 heterocycles. The number of thioether (sulfide) groups is 1. The van der Waals surface area contributed by atoms with Gasteiger partial charge in [-0.05, 0) is 54.3 Å². The van der Waals surface area contributed by atoms with Crippen molar-refractivity contribution in [2.24, 2.45) is 0 Å². The molecule has 0 bridgehead atoms. The second-order valence-corrected chi connectivity index (χ2v) is 9.75. The predicted octanol–water partition coefficient (Wildman–Crippen LogP) is 5.81. The lowest BCUT2D eigenvalue weighted by atomic mass is 10.1. The molecule has 0 amide bonds. The fourth-order valence-corrected chi connectivity index (χ4v) is 4.71. The second-order valence-electron chi connectivity index (χ2n) is 7.60. The molecule has 0 radical (unpaired) electrons. The number of halogens is 1. The van der Waals surface area contributed by atoms with E-state index in [1.165, 1.54) is 0 Å². The van der Waals surface area contributed by atoms with E-state index in [4.69, 9.17) is 10.8 Å². The molecule has 0 spiro atoms. The van der Waals surface area contributed by atoms with E-state index in [9.17, 15) is 4.79 Å². The minimum atomic E-state index is -0.230. The maximum Gasteiger partial charge on any atom is 0.213 e. The van der Waals surface area contributed by atoms with Crippen LogP contribution in [0.5, 0.6) is 0 Å². The maximum absolute atomic E-state index is 13.7. The Morgan fingerprint density at radius 2 is 1.54 bits per heavy atom. The van der Waals surface area contributed by atoms with E-state index in [0.717, 1.165) is 26.8 Å². The van der Waals surface area contributed by atoms with Crippen molar-refractivity contribution in [3.05, 3.63) is 101 Å². The van der Waals surface area contributed by atoms with E-state index in [0.29, 0.717) is 17.1 Å². The fourth-order valence-electron chi connectivity index (χ4n) is 3.76. The van der Waals surface area contributed by atoms with Crippen molar-refractivity contribution < 1.29 is 4.79 Å². The molecule has 2 aromatic heterocycles. The predicted molar refractivity (Wildman–Crippen MR) is 142 cm³/mol. The van der Waals surface area contributed by atoms with Gasteiger partial charge in [0.25, 0.3) is 0 Å². The number of hydrogen-bond donors (Lipinski definition) is 1. The molecular weight excluding hydrogens is 524 g/mol. The third kappa shape index (κ3) is 4.40. The number of nitrogen functional groups attached to an aromatic ring is 1. The van der Waals surface area contributed by atoms with Gasteiger partial charge in [0.1, 0.15) is 5.69 Å². The third-order valence-electron chi connectivity index (χ3n) is 5.38. The normalized spacial score (nSPS) is 11.0. The van der Waals surface area contributed by atoms with Gasteiger partial charge in [-0.3, -0.25) is 9.36 Å². The number of nitrogens with zero attached hydrogens (tertiary/aromatic N) is 5. The zero-order valence-corrected chi connectivity index (χ0v) is 21.2. The summed E-state index contributed by atoms with van der Waals surface area (Å²) in [6.45, 7) is 2.06. The average molecular weight is 545 g/mol. The molecule has 174 valence electrons. The largest absolute Gasteiger partial charge is 0.395 e. The molecule has 9 heteroatoms. The van der Waals surface area contributed by atoms with E-state index < -0.39 is 0 Å². The van der Waals surface area contributed by atoms with Gasteiger partial charge < -0.3 is 5.73 Å². The van der Waals surface area contributed by atoms with Crippen LogP contribution in [0.4, 0.5) is 5.69 Å². The van der Waals surface area contributed by atoms with Gasteiger partial charge in [0, 0.05) is 15.7 Å². The molecule has 35 heavy (non-hydrogen) atoms. The van der Waals surface area contributed by atoms with Gasteiger partial charge in [0.05, 0.1) is 11.4 Å². The van der Waals surface area contributed by atoms with Crippen molar-refractivity contribution in [3.63, 3.8) is 0 Å². The smallest absolute Gasteiger partial charge is 0.213 e. The second kappa shape index (κ2) is 9.89. The van der Waals surface area contributed by atoms with Crippen molar-refractivity contribution in [1.82, 2.24) is 24.5 Å². The van der Waals surface area contributed by atoms with Gasteiger partial charge in [-0.15, -0.1) is 10.2 Å². The quantitative estimate of drug-likeness (QED) is 0.205. The molecule has 0 atom stereocenters. The van der Waals surface area contributed by atoms with Crippen LogP contribution in [-0.2, 0) is 0 Å². The van der Waals surface area contributed by atoms with Gasteiger partial charge in [-0.25, -0.2) is 4.68 Å². The van der Waals surface area contributed by atoms with Gasteiger partial charge in [-0.2, -0.15) is 5.10 Å².